The largest absolute Gasteiger partial charge is 0.478 e. The smallest absolute Gasteiger partial charge is 0.337 e. The van der Waals surface area contributed by atoms with Crippen LogP contribution in [0.4, 0.5) is 11.4 Å². The second kappa shape index (κ2) is 18.5. The van der Waals surface area contributed by atoms with Gasteiger partial charge in [-0.3, -0.25) is 14.4 Å². The molecule has 0 aliphatic rings. The van der Waals surface area contributed by atoms with Crippen molar-refractivity contribution in [2.45, 2.75) is 0 Å². The SMILES string of the molecule is CNC(=O)c1c(I)c(NCOC)c(I)c(C(=O)Cl)c1I.CNC(=O)c1c(I)c(NCOC)c(I)c(C(=O)O)c1I. The number of benzene rings is 2. The fourth-order valence-electron chi connectivity index (χ4n) is 2.94. The number of hydrogen-bond donors (Lipinski definition) is 5. The number of halogens is 7. The van der Waals surface area contributed by atoms with E-state index in [1.807, 2.05) is 113 Å². The van der Waals surface area contributed by atoms with Gasteiger partial charge in [0.2, 0.25) is 0 Å². The highest BCUT2D eigenvalue weighted by Crippen LogP contribution is 2.37. The van der Waals surface area contributed by atoms with Crippen LogP contribution in [0.15, 0.2) is 0 Å². The van der Waals surface area contributed by atoms with Crippen LogP contribution in [-0.4, -0.2) is 69.9 Å². The number of carbonyl (C=O) groups excluding carboxylic acids is 3. The van der Waals surface area contributed by atoms with Crippen LogP contribution in [0.5, 0.6) is 0 Å². The molecule has 0 saturated carbocycles. The van der Waals surface area contributed by atoms with E-state index in [0.717, 1.165) is 3.57 Å². The molecule has 5 N–H and O–H groups in total. The molecule has 40 heavy (non-hydrogen) atoms. The Morgan fingerprint density at radius 1 is 0.650 bits per heavy atom. The monoisotopic (exact) mass is 1250 g/mol. The predicted molar refractivity (Wildman–Crippen MR) is 204 cm³/mol. The van der Waals surface area contributed by atoms with Crippen LogP contribution in [0.3, 0.4) is 0 Å². The minimum atomic E-state index is -1.07. The van der Waals surface area contributed by atoms with E-state index < -0.39 is 11.2 Å². The highest BCUT2D eigenvalue weighted by molar-refractivity contribution is 14.1. The van der Waals surface area contributed by atoms with Crippen LogP contribution < -0.4 is 21.3 Å². The number of aromatic carboxylic acids is 1. The number of hydrogen-bond acceptors (Lipinski definition) is 8. The zero-order valence-electron chi connectivity index (χ0n) is 21.0. The standard InChI is InChI=1S/C11H10ClI3N2O3.C11H11I3N2O4/c1-16-11(19)5-6(13)4(10(12)18)7(14)9(8(5)15)17-3-20-2;1-15-10(17)4-6(12)5(11(18)19)8(14)9(7(4)13)16-3-20-2/h17H,3H2,1-2H3,(H,16,19);16H,3H2,1-2H3,(H,15,17)(H,18,19). The van der Waals surface area contributed by atoms with Crippen LogP contribution in [0.25, 0.3) is 0 Å². The van der Waals surface area contributed by atoms with E-state index in [0.29, 0.717) is 45.9 Å². The number of ether oxygens (including phenoxy) is 2. The van der Waals surface area contributed by atoms with Crippen molar-refractivity contribution in [1.29, 1.82) is 0 Å². The summed E-state index contributed by atoms with van der Waals surface area (Å²) in [5.74, 6) is -1.66. The Kier molecular flexibility index (Phi) is 17.9. The molecule has 220 valence electrons. The number of carboxylic acids is 1. The van der Waals surface area contributed by atoms with Gasteiger partial charge in [-0.2, -0.15) is 0 Å². The average Bonchev–Trinajstić information content (AvgIpc) is 2.88. The molecule has 2 amide bonds. The summed E-state index contributed by atoms with van der Waals surface area (Å²) in [6.07, 6.45) is 0. The minimum Gasteiger partial charge on any atom is -0.478 e. The number of amides is 2. The molecule has 0 atom stereocenters. The first-order valence-corrected chi connectivity index (χ1v) is 17.3. The number of anilines is 2. The molecule has 2 aromatic rings. The van der Waals surface area contributed by atoms with E-state index in [1.165, 1.54) is 21.2 Å². The summed E-state index contributed by atoms with van der Waals surface area (Å²) in [7, 11) is 6.12. The van der Waals surface area contributed by atoms with Crippen molar-refractivity contribution in [3.05, 3.63) is 43.7 Å². The van der Waals surface area contributed by atoms with Gasteiger partial charge >= 0.3 is 5.97 Å². The second-order valence-corrected chi connectivity index (χ2v) is 13.9. The van der Waals surface area contributed by atoms with Crippen molar-refractivity contribution in [3.8, 4) is 0 Å². The third kappa shape index (κ3) is 9.35. The molecular weight excluding hydrogens is 1230 g/mol. The first kappa shape index (κ1) is 38.7. The van der Waals surface area contributed by atoms with Crippen molar-refractivity contribution in [3.63, 3.8) is 0 Å². The maximum absolute atomic E-state index is 12.0. The molecule has 0 aliphatic heterocycles. The van der Waals surface area contributed by atoms with Crippen LogP contribution in [0.2, 0.25) is 0 Å². The van der Waals surface area contributed by atoms with E-state index in [9.17, 15) is 24.3 Å². The molecule has 0 spiro atoms. The van der Waals surface area contributed by atoms with Crippen LogP contribution in [-0.2, 0) is 9.47 Å². The van der Waals surface area contributed by atoms with Gasteiger partial charge < -0.3 is 35.8 Å². The van der Waals surface area contributed by atoms with Crippen molar-refractivity contribution in [2.24, 2.45) is 0 Å². The van der Waals surface area contributed by atoms with E-state index in [4.69, 9.17) is 21.1 Å². The summed E-state index contributed by atoms with van der Waals surface area (Å²) in [5, 5.41) is 19.9. The zero-order valence-corrected chi connectivity index (χ0v) is 34.7. The predicted octanol–water partition coefficient (Wildman–Crippen LogP) is 5.83. The third-order valence-corrected chi connectivity index (χ3v) is 11.4. The van der Waals surface area contributed by atoms with Gasteiger partial charge in [-0.05, 0) is 147 Å². The summed E-state index contributed by atoms with van der Waals surface area (Å²) in [4.78, 5) is 47.1. The normalized spacial score (nSPS) is 10.3. The van der Waals surface area contributed by atoms with Gasteiger partial charge in [0.15, 0.2) is 0 Å². The van der Waals surface area contributed by atoms with E-state index in [1.54, 1.807) is 7.11 Å². The molecule has 0 aromatic heterocycles. The van der Waals surface area contributed by atoms with Gasteiger partial charge in [0.1, 0.15) is 13.5 Å². The van der Waals surface area contributed by atoms with E-state index in [2.05, 4.69) is 43.9 Å². The van der Waals surface area contributed by atoms with Crippen molar-refractivity contribution in [2.75, 3.05) is 52.4 Å². The molecule has 0 fully saturated rings. The fraction of sp³-hybridized carbons (Fsp3) is 0.273. The Morgan fingerprint density at radius 3 is 1.27 bits per heavy atom. The third-order valence-electron chi connectivity index (χ3n) is 4.74. The number of carboxylic acid groups (broad SMARTS) is 1. The molecule has 11 nitrogen and oxygen atoms in total. The molecule has 2 aromatic carbocycles. The quantitative estimate of drug-likeness (QED) is 0.112. The highest BCUT2D eigenvalue weighted by Gasteiger charge is 2.28. The van der Waals surface area contributed by atoms with E-state index in [-0.39, 0.29) is 30.8 Å². The maximum atomic E-state index is 12.0. The van der Waals surface area contributed by atoms with Crippen molar-refractivity contribution in [1.82, 2.24) is 10.6 Å². The molecule has 18 heteroatoms. The van der Waals surface area contributed by atoms with Crippen molar-refractivity contribution >= 4 is 182 Å². The first-order valence-electron chi connectivity index (χ1n) is 10.5. The second-order valence-electron chi connectivity index (χ2n) is 7.09. The van der Waals surface area contributed by atoms with Gasteiger partial charge in [-0.1, -0.05) is 0 Å². The number of rotatable bonds is 10. The van der Waals surface area contributed by atoms with Crippen LogP contribution in [0.1, 0.15) is 41.4 Å². The lowest BCUT2D eigenvalue weighted by atomic mass is 10.1. The Labute approximate surface area is 317 Å². The minimum absolute atomic E-state index is 0.115. The maximum Gasteiger partial charge on any atom is 0.337 e. The highest BCUT2D eigenvalue weighted by atomic mass is 127. The zero-order chi connectivity index (χ0) is 30.9. The summed E-state index contributed by atoms with van der Waals surface area (Å²) >= 11 is 17.6. The molecule has 0 saturated heterocycles. The van der Waals surface area contributed by atoms with E-state index >= 15 is 0 Å². The van der Waals surface area contributed by atoms with Gasteiger partial charge in [-0.25, -0.2) is 4.79 Å². The van der Waals surface area contributed by atoms with Gasteiger partial charge in [0.05, 0.1) is 47.9 Å². The molecule has 0 aliphatic carbocycles. The summed E-state index contributed by atoms with van der Waals surface area (Å²) in [5.41, 5.74) is 2.47. The summed E-state index contributed by atoms with van der Waals surface area (Å²) < 4.78 is 13.5. The van der Waals surface area contributed by atoms with Crippen LogP contribution in [0, 0.1) is 21.4 Å². The molecule has 2 rings (SSSR count). The molecule has 0 heterocycles. The first-order chi connectivity index (χ1) is 18.7. The van der Waals surface area contributed by atoms with Crippen molar-refractivity contribution < 1.29 is 33.8 Å². The fourth-order valence-corrected chi connectivity index (χ4v) is 12.5. The summed E-state index contributed by atoms with van der Waals surface area (Å²) in [6, 6.07) is 0. The Balaban J connectivity index is 0.000000400. The lowest BCUT2D eigenvalue weighted by Gasteiger charge is -2.17. The molecular formula is C22H21ClI6N4O7. The number of carbonyl (C=O) groups is 4. The lowest BCUT2D eigenvalue weighted by Crippen LogP contribution is -2.24. The Morgan fingerprint density at radius 2 is 0.975 bits per heavy atom. The lowest BCUT2D eigenvalue weighted by molar-refractivity contribution is 0.0694. The molecule has 0 bridgehead atoms. The molecule has 0 radical (unpaired) electrons. The Hall–Kier alpha value is 0.710. The van der Waals surface area contributed by atoms with Gasteiger partial charge in [0, 0.05) is 35.5 Å². The number of methoxy groups -OCH3 is 2. The summed E-state index contributed by atoms with van der Waals surface area (Å²) in [6.45, 7) is 0.481. The van der Waals surface area contributed by atoms with Gasteiger partial charge in [-0.15, -0.1) is 0 Å². The molecule has 0 unspecified atom stereocenters. The average molecular weight is 1250 g/mol. The van der Waals surface area contributed by atoms with Crippen LogP contribution >= 0.6 is 147 Å². The number of nitrogens with one attached hydrogen (secondary N) is 4. The Bertz CT molecular complexity index is 1230. The van der Waals surface area contributed by atoms with Gasteiger partial charge in [0.25, 0.3) is 17.1 Å². The topological polar surface area (TPSA) is 155 Å².